The molecule has 1 atom stereocenters. The van der Waals surface area contributed by atoms with Crippen molar-refractivity contribution in [3.8, 4) is 0 Å². The number of hydrogen-bond acceptors (Lipinski definition) is 2. The molecule has 0 heterocycles. The molecule has 0 spiro atoms. The van der Waals surface area contributed by atoms with Gasteiger partial charge in [0.2, 0.25) is 0 Å². The minimum atomic E-state index is -1.95. The average Bonchev–Trinajstić information content (AvgIpc) is 2.29. The SMILES string of the molecule is C=C[C@@H](CCCO[Si](C)(C)C(C)(C)C)NC(=O)C(Cl)(Cl)Cl. The summed E-state index contributed by atoms with van der Waals surface area (Å²) >= 11 is 16.6. The van der Waals surface area contributed by atoms with Crippen LogP contribution < -0.4 is 5.32 Å². The Balaban J connectivity index is 4.21. The van der Waals surface area contributed by atoms with Crippen molar-refractivity contribution in [3.63, 3.8) is 0 Å². The van der Waals surface area contributed by atoms with Crippen molar-refractivity contribution in [1.29, 1.82) is 0 Å². The van der Waals surface area contributed by atoms with Crippen molar-refractivity contribution in [3.05, 3.63) is 12.7 Å². The van der Waals surface area contributed by atoms with Crippen LogP contribution in [0.5, 0.6) is 0 Å². The van der Waals surface area contributed by atoms with Crippen molar-refractivity contribution in [2.24, 2.45) is 0 Å². The number of carbonyl (C=O) groups is 1. The maximum Gasteiger partial charge on any atom is 0.272 e. The topological polar surface area (TPSA) is 38.3 Å². The van der Waals surface area contributed by atoms with Gasteiger partial charge in [-0.3, -0.25) is 4.79 Å². The van der Waals surface area contributed by atoms with Crippen LogP contribution in [0.15, 0.2) is 12.7 Å². The van der Waals surface area contributed by atoms with Crippen molar-refractivity contribution < 1.29 is 9.22 Å². The predicted molar refractivity (Wildman–Crippen MR) is 94.8 cm³/mol. The van der Waals surface area contributed by atoms with Crippen LogP contribution in [-0.4, -0.2) is 30.7 Å². The number of alkyl halides is 3. The zero-order valence-electron chi connectivity index (χ0n) is 13.4. The van der Waals surface area contributed by atoms with Crippen molar-refractivity contribution >= 4 is 49.0 Å². The van der Waals surface area contributed by atoms with Crippen LogP contribution in [0.1, 0.15) is 33.6 Å². The molecule has 7 heteroatoms. The molecule has 124 valence electrons. The van der Waals surface area contributed by atoms with Gasteiger partial charge in [-0.05, 0) is 31.0 Å². The third kappa shape index (κ3) is 7.89. The number of halogens is 3. The van der Waals surface area contributed by atoms with E-state index in [4.69, 9.17) is 39.2 Å². The molecule has 0 aromatic heterocycles. The van der Waals surface area contributed by atoms with Gasteiger partial charge in [0.25, 0.3) is 9.70 Å². The highest BCUT2D eigenvalue weighted by atomic mass is 35.6. The fraction of sp³-hybridized carbons (Fsp3) is 0.786. The van der Waals surface area contributed by atoms with Crippen LogP contribution in [0.2, 0.25) is 18.1 Å². The molecule has 0 aromatic rings. The van der Waals surface area contributed by atoms with Gasteiger partial charge in [0.05, 0.1) is 0 Å². The van der Waals surface area contributed by atoms with Gasteiger partial charge in [0.1, 0.15) is 0 Å². The summed E-state index contributed by atoms with van der Waals surface area (Å²) < 4.78 is 4.13. The lowest BCUT2D eigenvalue weighted by Gasteiger charge is -2.36. The van der Waals surface area contributed by atoms with E-state index in [1.54, 1.807) is 6.08 Å². The number of carbonyl (C=O) groups excluding carboxylic acids is 1. The first-order valence-electron chi connectivity index (χ1n) is 6.95. The fourth-order valence-electron chi connectivity index (χ4n) is 1.35. The van der Waals surface area contributed by atoms with E-state index in [9.17, 15) is 4.79 Å². The third-order valence-corrected chi connectivity index (χ3v) is 8.84. The summed E-state index contributed by atoms with van der Waals surface area (Å²) in [6.45, 7) is 15.4. The first kappa shape index (κ1) is 21.3. The van der Waals surface area contributed by atoms with E-state index in [2.05, 4.69) is 45.8 Å². The average molecular weight is 375 g/mol. The standard InChI is InChI=1S/C14H26Cl3NO2Si/c1-7-11(18-12(19)14(15,16)17)9-8-10-20-21(5,6)13(2,3)4/h7,11H,1,8-10H2,2-6H3,(H,18,19)/t11-/m0/s1. The summed E-state index contributed by atoms with van der Waals surface area (Å²) in [7, 11) is -1.73. The lowest BCUT2D eigenvalue weighted by molar-refractivity contribution is -0.120. The maximum atomic E-state index is 11.6. The molecule has 0 saturated heterocycles. The normalized spacial score (nSPS) is 14.7. The lowest BCUT2D eigenvalue weighted by Crippen LogP contribution is -2.42. The molecule has 21 heavy (non-hydrogen) atoms. The Labute approximate surface area is 144 Å². The van der Waals surface area contributed by atoms with E-state index in [0.29, 0.717) is 13.0 Å². The third-order valence-electron chi connectivity index (χ3n) is 3.79. The Morgan fingerprint density at radius 3 is 2.24 bits per heavy atom. The van der Waals surface area contributed by atoms with Crippen LogP contribution in [0.3, 0.4) is 0 Å². The Bertz CT molecular complexity index is 362. The van der Waals surface area contributed by atoms with E-state index < -0.39 is 18.0 Å². The fourth-order valence-corrected chi connectivity index (χ4v) is 2.60. The van der Waals surface area contributed by atoms with Crippen LogP contribution >= 0.6 is 34.8 Å². The summed E-state index contributed by atoms with van der Waals surface area (Å²) in [5.74, 6) is -0.636. The van der Waals surface area contributed by atoms with E-state index in [-0.39, 0.29) is 11.1 Å². The molecule has 0 aliphatic heterocycles. The highest BCUT2D eigenvalue weighted by Crippen LogP contribution is 2.36. The summed E-state index contributed by atoms with van der Waals surface area (Å²) in [6, 6.07) is -0.226. The lowest BCUT2D eigenvalue weighted by atomic mass is 10.1. The molecule has 1 amide bonds. The number of rotatable bonds is 7. The summed E-state index contributed by atoms with van der Waals surface area (Å²) in [4.78, 5) is 11.6. The van der Waals surface area contributed by atoms with Gasteiger partial charge in [-0.15, -0.1) is 6.58 Å². The van der Waals surface area contributed by atoms with Crippen LogP contribution in [0.25, 0.3) is 0 Å². The first-order valence-corrected chi connectivity index (χ1v) is 11.0. The van der Waals surface area contributed by atoms with Gasteiger partial charge in [-0.25, -0.2) is 0 Å². The Hall–Kier alpha value is 0.257. The van der Waals surface area contributed by atoms with E-state index in [1.807, 2.05) is 0 Å². The molecular weight excluding hydrogens is 349 g/mol. The van der Waals surface area contributed by atoms with Crippen LogP contribution in [-0.2, 0) is 9.22 Å². The van der Waals surface area contributed by atoms with Gasteiger partial charge in [0.15, 0.2) is 8.32 Å². The second kappa shape index (κ2) is 8.21. The van der Waals surface area contributed by atoms with E-state index in [1.165, 1.54) is 0 Å². The molecule has 0 unspecified atom stereocenters. The largest absolute Gasteiger partial charge is 0.417 e. The molecule has 0 bridgehead atoms. The highest BCUT2D eigenvalue weighted by Gasteiger charge is 2.37. The zero-order valence-corrected chi connectivity index (χ0v) is 16.7. The molecule has 0 fully saturated rings. The second-order valence-corrected chi connectivity index (χ2v) is 13.7. The quantitative estimate of drug-likeness (QED) is 0.300. The summed E-state index contributed by atoms with van der Waals surface area (Å²) in [5.41, 5.74) is 0. The second-order valence-electron chi connectivity index (χ2n) is 6.56. The monoisotopic (exact) mass is 373 g/mol. The molecule has 0 radical (unpaired) electrons. The van der Waals surface area contributed by atoms with Crippen molar-refractivity contribution in [1.82, 2.24) is 5.32 Å². The Morgan fingerprint density at radius 2 is 1.86 bits per heavy atom. The zero-order chi connectivity index (χ0) is 16.9. The maximum absolute atomic E-state index is 11.6. The number of nitrogens with one attached hydrogen (secondary N) is 1. The molecular formula is C14H26Cl3NO2Si. The van der Waals surface area contributed by atoms with E-state index >= 15 is 0 Å². The number of amides is 1. The Morgan fingerprint density at radius 1 is 1.33 bits per heavy atom. The minimum absolute atomic E-state index is 0.189. The molecule has 0 aromatic carbocycles. The minimum Gasteiger partial charge on any atom is -0.417 e. The van der Waals surface area contributed by atoms with Gasteiger partial charge >= 0.3 is 0 Å². The molecule has 0 saturated carbocycles. The highest BCUT2D eigenvalue weighted by molar-refractivity contribution is 6.76. The predicted octanol–water partition coefficient (Wildman–Crippen LogP) is 4.83. The van der Waals surface area contributed by atoms with Crippen LogP contribution in [0, 0.1) is 0 Å². The van der Waals surface area contributed by atoms with Gasteiger partial charge in [-0.1, -0.05) is 61.7 Å². The summed E-state index contributed by atoms with van der Waals surface area (Å²) in [5, 5.41) is 2.83. The van der Waals surface area contributed by atoms with Gasteiger partial charge < -0.3 is 9.74 Å². The smallest absolute Gasteiger partial charge is 0.272 e. The van der Waals surface area contributed by atoms with Crippen LogP contribution in [0.4, 0.5) is 0 Å². The molecule has 0 rings (SSSR count). The van der Waals surface area contributed by atoms with Gasteiger partial charge in [-0.2, -0.15) is 0 Å². The Kier molecular flexibility index (Phi) is 8.31. The first-order chi connectivity index (χ1) is 9.31. The molecule has 0 aliphatic carbocycles. The van der Waals surface area contributed by atoms with Crippen molar-refractivity contribution in [2.75, 3.05) is 6.61 Å². The number of hydrogen-bond donors (Lipinski definition) is 1. The summed E-state index contributed by atoms with van der Waals surface area (Å²) in [6.07, 6.45) is 3.15. The molecule has 0 aliphatic rings. The molecule has 3 nitrogen and oxygen atoms in total. The molecule has 1 N–H and O–H groups in total. The van der Waals surface area contributed by atoms with Gasteiger partial charge in [0, 0.05) is 12.6 Å². The van der Waals surface area contributed by atoms with E-state index in [0.717, 1.165) is 6.42 Å². The van der Waals surface area contributed by atoms with Crippen molar-refractivity contribution in [2.45, 2.75) is 61.6 Å².